The van der Waals surface area contributed by atoms with Crippen LogP contribution in [-0.4, -0.2) is 26.4 Å². The Morgan fingerprint density at radius 3 is 2.60 bits per heavy atom. The molecule has 0 atom stereocenters. The van der Waals surface area contributed by atoms with Crippen molar-refractivity contribution in [1.82, 2.24) is 14.8 Å². The summed E-state index contributed by atoms with van der Waals surface area (Å²) in [6, 6.07) is 13.7. The molecular weight excluding hydrogens is 511 g/mol. The van der Waals surface area contributed by atoms with E-state index in [1.807, 2.05) is 48.7 Å². The average molecular weight is 534 g/mol. The van der Waals surface area contributed by atoms with Gasteiger partial charge in [0.05, 0.1) is 5.75 Å². The highest BCUT2D eigenvalue weighted by Crippen LogP contribution is 2.24. The molecule has 0 spiro atoms. The number of halogens is 1. The Kier molecular flexibility index (Phi) is 7.92. The fraction of sp³-hybridized carbons (Fsp3) is 0.227. The first kappa shape index (κ1) is 22.4. The number of anilines is 1. The molecule has 0 aliphatic carbocycles. The minimum atomic E-state index is -0.0809. The van der Waals surface area contributed by atoms with Gasteiger partial charge in [-0.25, -0.2) is 0 Å². The van der Waals surface area contributed by atoms with Crippen molar-refractivity contribution in [2.45, 2.75) is 32.2 Å². The normalized spacial score (nSPS) is 10.6. The van der Waals surface area contributed by atoms with Gasteiger partial charge >= 0.3 is 0 Å². The van der Waals surface area contributed by atoms with Crippen LogP contribution in [0.5, 0.6) is 5.75 Å². The Hall–Kier alpha value is -2.33. The molecule has 1 heterocycles. The largest absolute Gasteiger partial charge is 0.486 e. The second-order valence-corrected chi connectivity index (χ2v) is 8.84. The number of aromatic nitrogens is 3. The number of nitrogens with one attached hydrogen (secondary N) is 1. The minimum absolute atomic E-state index is 0.0809. The fourth-order valence-corrected chi connectivity index (χ4v) is 4.62. The van der Waals surface area contributed by atoms with E-state index in [1.54, 1.807) is 6.08 Å². The van der Waals surface area contributed by atoms with Crippen molar-refractivity contribution in [1.29, 1.82) is 0 Å². The second kappa shape index (κ2) is 10.6. The number of hydrogen-bond acceptors (Lipinski definition) is 5. The van der Waals surface area contributed by atoms with Crippen LogP contribution in [0.25, 0.3) is 0 Å². The summed E-state index contributed by atoms with van der Waals surface area (Å²) in [5, 5.41) is 12.2. The van der Waals surface area contributed by atoms with Gasteiger partial charge in [-0.2, -0.15) is 0 Å². The Morgan fingerprint density at radius 2 is 1.93 bits per heavy atom. The van der Waals surface area contributed by atoms with Gasteiger partial charge in [-0.05, 0) is 71.8 Å². The third kappa shape index (κ3) is 5.85. The number of aryl methyl sites for hydroxylation is 2. The van der Waals surface area contributed by atoms with Gasteiger partial charge in [-0.15, -0.1) is 16.8 Å². The van der Waals surface area contributed by atoms with Gasteiger partial charge in [0.15, 0.2) is 11.0 Å². The number of amides is 1. The first-order valence-electron chi connectivity index (χ1n) is 9.38. The molecule has 8 heteroatoms. The molecule has 0 saturated carbocycles. The minimum Gasteiger partial charge on any atom is -0.486 e. The fourth-order valence-electron chi connectivity index (χ4n) is 2.92. The van der Waals surface area contributed by atoms with E-state index in [2.05, 4.69) is 56.8 Å². The van der Waals surface area contributed by atoms with Gasteiger partial charge in [0.2, 0.25) is 5.91 Å². The van der Waals surface area contributed by atoms with Crippen LogP contribution >= 0.6 is 34.4 Å². The molecule has 1 N–H and O–H groups in total. The molecule has 156 valence electrons. The van der Waals surface area contributed by atoms with Crippen molar-refractivity contribution in [3.8, 4) is 5.75 Å². The maximum Gasteiger partial charge on any atom is 0.234 e. The molecular formula is C22H23IN4O2S. The van der Waals surface area contributed by atoms with Crippen LogP contribution in [0.2, 0.25) is 0 Å². The summed E-state index contributed by atoms with van der Waals surface area (Å²) in [7, 11) is 0. The lowest BCUT2D eigenvalue weighted by Crippen LogP contribution is -2.16. The van der Waals surface area contributed by atoms with Crippen molar-refractivity contribution >= 4 is 45.9 Å². The van der Waals surface area contributed by atoms with E-state index in [1.165, 1.54) is 11.8 Å². The number of hydrogen-bond donors (Lipinski definition) is 1. The van der Waals surface area contributed by atoms with Crippen molar-refractivity contribution < 1.29 is 9.53 Å². The Labute approximate surface area is 194 Å². The molecule has 0 aliphatic heterocycles. The number of allylic oxidation sites excluding steroid dienone is 1. The Morgan fingerprint density at radius 1 is 1.23 bits per heavy atom. The zero-order valence-corrected chi connectivity index (χ0v) is 19.9. The highest BCUT2D eigenvalue weighted by molar-refractivity contribution is 14.1. The van der Waals surface area contributed by atoms with E-state index in [9.17, 15) is 4.79 Å². The first-order valence-corrected chi connectivity index (χ1v) is 11.4. The van der Waals surface area contributed by atoms with E-state index in [0.717, 1.165) is 26.1 Å². The number of rotatable bonds is 9. The molecule has 0 radical (unpaired) electrons. The summed E-state index contributed by atoms with van der Waals surface area (Å²) in [4.78, 5) is 12.5. The SMILES string of the molecule is C=CCn1c(COc2ccccc2)nnc1SCC(=O)Nc1c(C)cc(I)cc1C. The van der Waals surface area contributed by atoms with Gasteiger partial charge in [-0.3, -0.25) is 9.36 Å². The molecule has 0 fully saturated rings. The summed E-state index contributed by atoms with van der Waals surface area (Å²) in [5.41, 5.74) is 2.96. The zero-order valence-electron chi connectivity index (χ0n) is 16.9. The second-order valence-electron chi connectivity index (χ2n) is 6.65. The van der Waals surface area contributed by atoms with Gasteiger partial charge in [0, 0.05) is 15.8 Å². The van der Waals surface area contributed by atoms with Gasteiger partial charge in [0.1, 0.15) is 12.4 Å². The van der Waals surface area contributed by atoms with Crippen molar-refractivity contribution in [2.75, 3.05) is 11.1 Å². The Balaban J connectivity index is 1.64. The maximum absolute atomic E-state index is 12.5. The van der Waals surface area contributed by atoms with E-state index < -0.39 is 0 Å². The average Bonchev–Trinajstić information content (AvgIpc) is 3.10. The van der Waals surface area contributed by atoms with Crippen LogP contribution in [0.15, 0.2) is 60.3 Å². The summed E-state index contributed by atoms with van der Waals surface area (Å²) in [6.45, 7) is 8.63. The number of benzene rings is 2. The van der Waals surface area contributed by atoms with Crippen LogP contribution in [0, 0.1) is 17.4 Å². The van der Waals surface area contributed by atoms with Crippen LogP contribution in [0.3, 0.4) is 0 Å². The summed E-state index contributed by atoms with van der Waals surface area (Å²) < 4.78 is 8.85. The van der Waals surface area contributed by atoms with Gasteiger partial charge in [0.25, 0.3) is 0 Å². The number of nitrogens with zero attached hydrogens (tertiary/aromatic N) is 3. The van der Waals surface area contributed by atoms with Gasteiger partial charge in [-0.1, -0.05) is 36.0 Å². The molecule has 1 amide bonds. The maximum atomic E-state index is 12.5. The van der Waals surface area contributed by atoms with Crippen LogP contribution in [-0.2, 0) is 17.9 Å². The van der Waals surface area contributed by atoms with Crippen molar-refractivity contribution in [3.63, 3.8) is 0 Å². The van der Waals surface area contributed by atoms with Crippen molar-refractivity contribution in [2.24, 2.45) is 0 Å². The smallest absolute Gasteiger partial charge is 0.234 e. The zero-order chi connectivity index (χ0) is 21.5. The molecule has 6 nitrogen and oxygen atoms in total. The molecule has 0 saturated heterocycles. The number of ether oxygens (including phenoxy) is 1. The summed E-state index contributed by atoms with van der Waals surface area (Å²) in [6.07, 6.45) is 1.78. The monoisotopic (exact) mass is 534 g/mol. The summed E-state index contributed by atoms with van der Waals surface area (Å²) >= 11 is 3.62. The number of para-hydroxylation sites is 1. The molecule has 2 aromatic carbocycles. The van der Waals surface area contributed by atoms with Crippen LogP contribution in [0.1, 0.15) is 17.0 Å². The molecule has 0 bridgehead atoms. The lowest BCUT2D eigenvalue weighted by atomic mass is 10.1. The van der Waals surface area contributed by atoms with E-state index >= 15 is 0 Å². The number of thioether (sulfide) groups is 1. The molecule has 0 aliphatic rings. The molecule has 30 heavy (non-hydrogen) atoms. The number of carbonyl (C=O) groups excluding carboxylic acids is 1. The quantitative estimate of drug-likeness (QED) is 0.238. The molecule has 1 aromatic heterocycles. The standard InChI is InChI=1S/C22H23IN4O2S/c1-4-10-27-19(13-29-18-8-6-5-7-9-18)25-26-22(27)30-14-20(28)24-21-15(2)11-17(23)12-16(21)3/h4-9,11-12H,1,10,13-14H2,2-3H3,(H,24,28). The van der Waals surface area contributed by atoms with Crippen LogP contribution in [0.4, 0.5) is 5.69 Å². The van der Waals surface area contributed by atoms with Crippen molar-refractivity contribution in [3.05, 3.63) is 75.6 Å². The van der Waals surface area contributed by atoms with E-state index in [0.29, 0.717) is 24.1 Å². The first-order chi connectivity index (χ1) is 14.5. The molecule has 0 unspecified atom stereocenters. The van der Waals surface area contributed by atoms with Crippen LogP contribution < -0.4 is 10.1 Å². The predicted molar refractivity (Wildman–Crippen MR) is 129 cm³/mol. The van der Waals surface area contributed by atoms with Gasteiger partial charge < -0.3 is 10.1 Å². The lowest BCUT2D eigenvalue weighted by Gasteiger charge is -2.12. The third-order valence-corrected chi connectivity index (χ3v) is 5.90. The predicted octanol–water partition coefficient (Wildman–Crippen LogP) is 5.00. The highest BCUT2D eigenvalue weighted by atomic mass is 127. The third-order valence-electron chi connectivity index (χ3n) is 4.31. The van der Waals surface area contributed by atoms with E-state index in [4.69, 9.17) is 4.74 Å². The topological polar surface area (TPSA) is 69.0 Å². The lowest BCUT2D eigenvalue weighted by molar-refractivity contribution is -0.113. The highest BCUT2D eigenvalue weighted by Gasteiger charge is 2.15. The number of carbonyl (C=O) groups is 1. The molecule has 3 aromatic rings. The molecule has 3 rings (SSSR count). The van der Waals surface area contributed by atoms with E-state index in [-0.39, 0.29) is 11.7 Å². The Bertz CT molecular complexity index is 1010. The summed E-state index contributed by atoms with van der Waals surface area (Å²) in [5.74, 6) is 1.61.